The maximum absolute atomic E-state index is 13.3. The Morgan fingerprint density at radius 3 is 2.77 bits per heavy atom. The van der Waals surface area contributed by atoms with E-state index in [1.807, 2.05) is 59.6 Å². The number of rotatable bonds is 3. The molecular formula is C25H25N3O2S. The minimum absolute atomic E-state index is 0.0467. The second kappa shape index (κ2) is 8.27. The molecule has 5 nitrogen and oxygen atoms in total. The van der Waals surface area contributed by atoms with Crippen LogP contribution in [0.2, 0.25) is 0 Å². The molecule has 1 fully saturated rings. The molecule has 2 atom stereocenters. The Morgan fingerprint density at radius 2 is 1.94 bits per heavy atom. The van der Waals surface area contributed by atoms with Crippen molar-refractivity contribution in [1.29, 1.82) is 0 Å². The van der Waals surface area contributed by atoms with E-state index in [-0.39, 0.29) is 23.8 Å². The number of para-hydroxylation sites is 1. The first-order valence-electron chi connectivity index (χ1n) is 10.8. The highest BCUT2D eigenvalue weighted by Gasteiger charge is 2.32. The number of hydrogen-bond donors (Lipinski definition) is 0. The Labute approximate surface area is 186 Å². The van der Waals surface area contributed by atoms with Gasteiger partial charge in [0.15, 0.2) is 0 Å². The Balaban J connectivity index is 1.34. The third kappa shape index (κ3) is 3.88. The van der Waals surface area contributed by atoms with E-state index in [1.165, 1.54) is 4.70 Å². The van der Waals surface area contributed by atoms with Crippen LogP contribution in [-0.2, 0) is 9.59 Å². The number of nitrogens with zero attached hydrogens (tertiary/aromatic N) is 3. The summed E-state index contributed by atoms with van der Waals surface area (Å²) in [6, 6.07) is 16.0. The van der Waals surface area contributed by atoms with Crippen LogP contribution in [0.3, 0.4) is 0 Å². The van der Waals surface area contributed by atoms with E-state index in [4.69, 9.17) is 4.98 Å². The van der Waals surface area contributed by atoms with Crippen molar-refractivity contribution in [2.24, 2.45) is 0 Å². The van der Waals surface area contributed by atoms with Crippen molar-refractivity contribution in [3.05, 3.63) is 70.9 Å². The first kappa shape index (κ1) is 19.9. The molecule has 0 unspecified atom stereocenters. The SMILES string of the molecule is CC(=O)N1C=Cc2ccccc2[C@@H]1CC(=O)N1CCC[C@@H](c2nc3ccccc3s2)C1. The van der Waals surface area contributed by atoms with Gasteiger partial charge in [-0.1, -0.05) is 36.4 Å². The molecule has 5 rings (SSSR count). The highest BCUT2D eigenvalue weighted by atomic mass is 32.1. The van der Waals surface area contributed by atoms with E-state index in [0.717, 1.165) is 41.0 Å². The number of hydrogen-bond acceptors (Lipinski definition) is 4. The lowest BCUT2D eigenvalue weighted by atomic mass is 9.92. The van der Waals surface area contributed by atoms with Crippen molar-refractivity contribution in [2.45, 2.75) is 38.1 Å². The maximum atomic E-state index is 13.3. The third-order valence-electron chi connectivity index (χ3n) is 6.27. The standard InChI is InChI=1S/C25H25N3O2S/c1-17(29)28-14-12-18-7-2-3-9-20(18)22(28)15-24(30)27-13-6-8-19(16-27)25-26-21-10-4-5-11-23(21)31-25/h2-5,7,9-12,14,19,22H,6,8,13,15-16H2,1H3/t19-,22+/m1/s1. The molecule has 2 aliphatic heterocycles. The lowest BCUT2D eigenvalue weighted by molar-refractivity contribution is -0.135. The van der Waals surface area contributed by atoms with Crippen LogP contribution in [0.25, 0.3) is 16.3 Å². The van der Waals surface area contributed by atoms with Gasteiger partial charge in [-0.15, -0.1) is 11.3 Å². The molecule has 2 aliphatic rings. The normalized spacial score (nSPS) is 20.7. The highest BCUT2D eigenvalue weighted by molar-refractivity contribution is 7.18. The number of fused-ring (bicyclic) bond motifs is 2. The first-order valence-corrected chi connectivity index (χ1v) is 11.6. The Morgan fingerprint density at radius 1 is 1.13 bits per heavy atom. The molecule has 158 valence electrons. The molecule has 2 aromatic carbocycles. The molecule has 31 heavy (non-hydrogen) atoms. The molecule has 3 aromatic rings. The predicted molar refractivity (Wildman–Crippen MR) is 124 cm³/mol. The van der Waals surface area contributed by atoms with Gasteiger partial charge in [0.05, 0.1) is 27.7 Å². The van der Waals surface area contributed by atoms with Crippen molar-refractivity contribution in [2.75, 3.05) is 13.1 Å². The number of aromatic nitrogens is 1. The zero-order valence-corrected chi connectivity index (χ0v) is 18.3. The summed E-state index contributed by atoms with van der Waals surface area (Å²) in [5, 5.41) is 1.12. The number of likely N-dealkylation sites (tertiary alicyclic amines) is 1. The summed E-state index contributed by atoms with van der Waals surface area (Å²) in [7, 11) is 0. The minimum atomic E-state index is -0.256. The topological polar surface area (TPSA) is 53.5 Å². The zero-order chi connectivity index (χ0) is 21.4. The van der Waals surface area contributed by atoms with Crippen molar-refractivity contribution in [3.63, 3.8) is 0 Å². The Bertz CT molecular complexity index is 1140. The van der Waals surface area contributed by atoms with Crippen molar-refractivity contribution < 1.29 is 9.59 Å². The van der Waals surface area contributed by atoms with E-state index in [1.54, 1.807) is 23.2 Å². The van der Waals surface area contributed by atoms with Gasteiger partial charge in [-0.05, 0) is 42.2 Å². The number of thiazole rings is 1. The van der Waals surface area contributed by atoms with Gasteiger partial charge < -0.3 is 9.80 Å². The van der Waals surface area contributed by atoms with Gasteiger partial charge in [0, 0.05) is 32.1 Å². The van der Waals surface area contributed by atoms with E-state index in [0.29, 0.717) is 13.0 Å². The van der Waals surface area contributed by atoms with Crippen LogP contribution >= 0.6 is 11.3 Å². The van der Waals surface area contributed by atoms with Gasteiger partial charge in [0.1, 0.15) is 0 Å². The first-order chi connectivity index (χ1) is 15.1. The lowest BCUT2D eigenvalue weighted by Gasteiger charge is -2.36. The minimum Gasteiger partial charge on any atom is -0.342 e. The van der Waals surface area contributed by atoms with Crippen LogP contribution in [-0.4, -0.2) is 39.7 Å². The van der Waals surface area contributed by atoms with E-state index in [9.17, 15) is 9.59 Å². The van der Waals surface area contributed by atoms with Gasteiger partial charge in [0.2, 0.25) is 11.8 Å². The molecule has 6 heteroatoms. The molecule has 1 aromatic heterocycles. The van der Waals surface area contributed by atoms with Crippen molar-refractivity contribution in [1.82, 2.24) is 14.8 Å². The summed E-state index contributed by atoms with van der Waals surface area (Å²) >= 11 is 1.74. The quantitative estimate of drug-likeness (QED) is 0.589. The molecule has 0 radical (unpaired) electrons. The van der Waals surface area contributed by atoms with E-state index >= 15 is 0 Å². The third-order valence-corrected chi connectivity index (χ3v) is 7.47. The summed E-state index contributed by atoms with van der Waals surface area (Å²) in [5.41, 5.74) is 3.14. The van der Waals surface area contributed by atoms with E-state index < -0.39 is 0 Å². The molecule has 2 amide bonds. The fraction of sp³-hybridized carbons (Fsp3) is 0.320. The monoisotopic (exact) mass is 431 g/mol. The molecule has 3 heterocycles. The maximum Gasteiger partial charge on any atom is 0.225 e. The molecule has 1 saturated heterocycles. The van der Waals surface area contributed by atoms with Crippen LogP contribution in [0, 0.1) is 0 Å². The fourth-order valence-corrected chi connectivity index (χ4v) is 5.77. The Kier molecular flexibility index (Phi) is 5.32. The Hall–Kier alpha value is -2.99. The number of carbonyl (C=O) groups excluding carboxylic acids is 2. The van der Waals surface area contributed by atoms with Crippen LogP contribution in [0.5, 0.6) is 0 Å². The van der Waals surface area contributed by atoms with Gasteiger partial charge >= 0.3 is 0 Å². The number of piperidine rings is 1. The molecule has 0 aliphatic carbocycles. The fourth-order valence-electron chi connectivity index (χ4n) is 4.68. The van der Waals surface area contributed by atoms with E-state index in [2.05, 4.69) is 6.07 Å². The lowest BCUT2D eigenvalue weighted by Crippen LogP contribution is -2.41. The smallest absolute Gasteiger partial charge is 0.225 e. The largest absolute Gasteiger partial charge is 0.342 e. The number of amides is 2. The molecule has 0 bridgehead atoms. The average Bonchev–Trinajstić information content (AvgIpc) is 3.23. The molecule has 0 saturated carbocycles. The molecule has 0 N–H and O–H groups in total. The van der Waals surface area contributed by atoms with Crippen LogP contribution in [0.4, 0.5) is 0 Å². The van der Waals surface area contributed by atoms with Gasteiger partial charge in [-0.3, -0.25) is 9.59 Å². The summed E-state index contributed by atoms with van der Waals surface area (Å²) in [6.07, 6.45) is 6.08. The van der Waals surface area contributed by atoms with Gasteiger partial charge in [0.25, 0.3) is 0 Å². The molecular weight excluding hydrogens is 406 g/mol. The second-order valence-electron chi connectivity index (χ2n) is 8.29. The second-order valence-corrected chi connectivity index (χ2v) is 9.35. The summed E-state index contributed by atoms with van der Waals surface area (Å²) in [5.74, 6) is 0.333. The van der Waals surface area contributed by atoms with Crippen LogP contribution in [0.15, 0.2) is 54.7 Å². The van der Waals surface area contributed by atoms with Crippen LogP contribution in [0.1, 0.15) is 54.3 Å². The summed E-state index contributed by atoms with van der Waals surface area (Å²) < 4.78 is 1.20. The molecule has 0 spiro atoms. The van der Waals surface area contributed by atoms with Crippen molar-refractivity contribution >= 4 is 39.4 Å². The predicted octanol–water partition coefficient (Wildman–Crippen LogP) is 4.97. The van der Waals surface area contributed by atoms with Gasteiger partial charge in [-0.2, -0.15) is 0 Å². The van der Waals surface area contributed by atoms with Gasteiger partial charge in [-0.25, -0.2) is 4.98 Å². The summed E-state index contributed by atoms with van der Waals surface area (Å²) in [6.45, 7) is 3.02. The number of benzene rings is 2. The average molecular weight is 432 g/mol. The van der Waals surface area contributed by atoms with Crippen LogP contribution < -0.4 is 0 Å². The summed E-state index contributed by atoms with van der Waals surface area (Å²) in [4.78, 5) is 34.1. The number of carbonyl (C=O) groups is 2. The zero-order valence-electron chi connectivity index (χ0n) is 17.5. The highest BCUT2D eigenvalue weighted by Crippen LogP contribution is 2.36. The van der Waals surface area contributed by atoms with Crippen molar-refractivity contribution in [3.8, 4) is 0 Å².